The molecule has 0 saturated carbocycles. The topological polar surface area (TPSA) is 47.3 Å². The van der Waals surface area contributed by atoms with Crippen LogP contribution in [0, 0.1) is 24.4 Å². The predicted molar refractivity (Wildman–Crippen MR) is 83.0 cm³/mol. The lowest BCUT2D eigenvalue weighted by atomic mass is 10.1. The number of nitrogens with one attached hydrogen (secondary N) is 1. The van der Waals surface area contributed by atoms with Gasteiger partial charge in [-0.2, -0.15) is 13.2 Å². The van der Waals surface area contributed by atoms with E-state index in [-0.39, 0.29) is 22.9 Å². The summed E-state index contributed by atoms with van der Waals surface area (Å²) >= 11 is 4.64. The monoisotopic (exact) mass is 380 g/mol. The first-order chi connectivity index (χ1) is 11.5. The molecule has 25 heavy (non-hydrogen) atoms. The number of halogens is 6. The lowest BCUT2D eigenvalue weighted by Gasteiger charge is -2.14. The summed E-state index contributed by atoms with van der Waals surface area (Å²) in [5.41, 5.74) is 4.34. The Labute approximate surface area is 143 Å². The van der Waals surface area contributed by atoms with Crippen LogP contribution in [0.25, 0.3) is 0 Å². The van der Waals surface area contributed by atoms with Gasteiger partial charge >= 0.3 is 6.18 Å². The van der Waals surface area contributed by atoms with Crippen LogP contribution >= 0.6 is 12.2 Å². The highest BCUT2D eigenvalue weighted by Crippen LogP contribution is 2.37. The van der Waals surface area contributed by atoms with Crippen molar-refractivity contribution in [3.05, 3.63) is 52.8 Å². The predicted octanol–water partition coefficient (Wildman–Crippen LogP) is 4.88. The highest BCUT2D eigenvalue weighted by atomic mass is 32.1. The third kappa shape index (κ3) is 4.32. The molecule has 3 nitrogen and oxygen atoms in total. The molecule has 0 aliphatic rings. The van der Waals surface area contributed by atoms with Gasteiger partial charge in [0, 0.05) is 11.8 Å². The van der Waals surface area contributed by atoms with Gasteiger partial charge < -0.3 is 15.8 Å². The van der Waals surface area contributed by atoms with E-state index in [0.717, 1.165) is 12.1 Å². The van der Waals surface area contributed by atoms with Crippen LogP contribution in [0.3, 0.4) is 0 Å². The standard InChI is InChI=1S/C15H10F6N2OS/c1-6-2-8(16)12(5-11(6)23-14(22)25)24-13-9(17)3-7(4-10(13)18)15(19,20)21/h2-5H,1H3,(H3,22,23,25). The smallest absolute Gasteiger partial charge is 0.416 e. The average molecular weight is 380 g/mol. The summed E-state index contributed by atoms with van der Waals surface area (Å²) in [7, 11) is 0. The van der Waals surface area contributed by atoms with Crippen molar-refractivity contribution < 1.29 is 31.1 Å². The number of hydrogen-bond donors (Lipinski definition) is 2. The number of thiocarbonyl (C=S) groups is 1. The Bertz CT molecular complexity index is 814. The number of hydrogen-bond acceptors (Lipinski definition) is 2. The molecule has 0 amide bonds. The minimum Gasteiger partial charge on any atom is -0.448 e. The summed E-state index contributed by atoms with van der Waals surface area (Å²) < 4.78 is 83.9. The number of ether oxygens (including phenoxy) is 1. The van der Waals surface area contributed by atoms with E-state index in [1.165, 1.54) is 6.92 Å². The van der Waals surface area contributed by atoms with Gasteiger partial charge in [0.15, 0.2) is 34.1 Å². The molecule has 2 aromatic rings. The van der Waals surface area contributed by atoms with Gasteiger partial charge in [-0.05, 0) is 42.9 Å². The summed E-state index contributed by atoms with van der Waals surface area (Å²) in [4.78, 5) is 0. The first-order valence-corrected chi connectivity index (χ1v) is 7.00. The van der Waals surface area contributed by atoms with Gasteiger partial charge in [-0.1, -0.05) is 0 Å². The van der Waals surface area contributed by atoms with Crippen molar-refractivity contribution >= 4 is 23.0 Å². The lowest BCUT2D eigenvalue weighted by Crippen LogP contribution is -2.19. The molecule has 10 heteroatoms. The lowest BCUT2D eigenvalue weighted by molar-refractivity contribution is -0.138. The van der Waals surface area contributed by atoms with Gasteiger partial charge in [0.1, 0.15) is 0 Å². The molecule has 134 valence electrons. The molecule has 0 bridgehead atoms. The fraction of sp³-hybridized carbons (Fsp3) is 0.133. The van der Waals surface area contributed by atoms with Gasteiger partial charge in [0.05, 0.1) is 5.56 Å². The first kappa shape index (κ1) is 18.8. The molecule has 0 aliphatic carbocycles. The maximum Gasteiger partial charge on any atom is 0.416 e. The average Bonchev–Trinajstić information content (AvgIpc) is 2.45. The zero-order chi connectivity index (χ0) is 18.9. The maximum atomic E-state index is 13.9. The molecular formula is C15H10F6N2OS. The Balaban J connectivity index is 2.45. The third-order valence-corrected chi connectivity index (χ3v) is 3.18. The second-order valence-electron chi connectivity index (χ2n) is 4.96. The van der Waals surface area contributed by atoms with E-state index >= 15 is 0 Å². The Morgan fingerprint density at radius 3 is 2.08 bits per heavy atom. The summed E-state index contributed by atoms with van der Waals surface area (Å²) in [6, 6.07) is 2.12. The van der Waals surface area contributed by atoms with Gasteiger partial charge in [-0.3, -0.25) is 0 Å². The minimum absolute atomic E-state index is 0.0542. The van der Waals surface area contributed by atoms with Crippen molar-refractivity contribution in [2.24, 2.45) is 5.73 Å². The normalized spacial score (nSPS) is 11.3. The van der Waals surface area contributed by atoms with Crippen LogP contribution in [0.2, 0.25) is 0 Å². The number of alkyl halides is 3. The van der Waals surface area contributed by atoms with Gasteiger partial charge in [0.2, 0.25) is 0 Å². The van der Waals surface area contributed by atoms with Crippen molar-refractivity contribution in [2.75, 3.05) is 5.32 Å². The molecule has 0 saturated heterocycles. The van der Waals surface area contributed by atoms with Crippen LogP contribution in [0.1, 0.15) is 11.1 Å². The van der Waals surface area contributed by atoms with E-state index in [1.807, 2.05) is 0 Å². The molecule has 0 aliphatic heterocycles. The Hall–Kier alpha value is -2.49. The Morgan fingerprint density at radius 2 is 1.60 bits per heavy atom. The highest BCUT2D eigenvalue weighted by Gasteiger charge is 2.33. The molecule has 0 fully saturated rings. The quantitative estimate of drug-likeness (QED) is 0.589. The molecule has 0 atom stereocenters. The Kier molecular flexibility index (Phi) is 5.12. The summed E-state index contributed by atoms with van der Waals surface area (Å²) in [5, 5.41) is 2.37. The van der Waals surface area contributed by atoms with Crippen LogP contribution < -0.4 is 15.8 Å². The zero-order valence-electron chi connectivity index (χ0n) is 12.5. The molecule has 0 radical (unpaired) electrons. The molecule has 0 spiro atoms. The maximum absolute atomic E-state index is 13.9. The van der Waals surface area contributed by atoms with E-state index in [0.29, 0.717) is 5.56 Å². The van der Waals surface area contributed by atoms with E-state index in [9.17, 15) is 26.3 Å². The van der Waals surface area contributed by atoms with E-state index < -0.39 is 40.7 Å². The summed E-state index contributed by atoms with van der Waals surface area (Å²) in [6.07, 6.45) is -4.94. The summed E-state index contributed by atoms with van der Waals surface area (Å²) in [5.74, 6) is -6.03. The highest BCUT2D eigenvalue weighted by molar-refractivity contribution is 7.80. The molecule has 0 unspecified atom stereocenters. The van der Waals surface area contributed by atoms with E-state index in [2.05, 4.69) is 17.5 Å². The number of anilines is 1. The third-order valence-electron chi connectivity index (χ3n) is 3.07. The van der Waals surface area contributed by atoms with E-state index in [4.69, 9.17) is 10.5 Å². The number of rotatable bonds is 3. The van der Waals surface area contributed by atoms with Crippen LogP contribution in [0.5, 0.6) is 11.5 Å². The van der Waals surface area contributed by atoms with Crippen molar-refractivity contribution in [3.63, 3.8) is 0 Å². The molecule has 0 aromatic heterocycles. The van der Waals surface area contributed by atoms with Crippen molar-refractivity contribution in [1.29, 1.82) is 0 Å². The Morgan fingerprint density at radius 1 is 1.04 bits per heavy atom. The zero-order valence-corrected chi connectivity index (χ0v) is 13.3. The molecule has 2 rings (SSSR count). The van der Waals surface area contributed by atoms with Crippen molar-refractivity contribution in [1.82, 2.24) is 0 Å². The number of nitrogens with two attached hydrogens (primary N) is 1. The number of benzene rings is 2. The van der Waals surface area contributed by atoms with Crippen LogP contribution in [0.4, 0.5) is 32.0 Å². The first-order valence-electron chi connectivity index (χ1n) is 6.59. The van der Waals surface area contributed by atoms with E-state index in [1.54, 1.807) is 0 Å². The van der Waals surface area contributed by atoms with Crippen molar-refractivity contribution in [3.8, 4) is 11.5 Å². The fourth-order valence-corrected chi connectivity index (χ4v) is 2.04. The van der Waals surface area contributed by atoms with Gasteiger partial charge in [0.25, 0.3) is 0 Å². The van der Waals surface area contributed by atoms with Crippen LogP contribution in [-0.2, 0) is 6.18 Å². The molecular weight excluding hydrogens is 370 g/mol. The van der Waals surface area contributed by atoms with Crippen LogP contribution in [-0.4, -0.2) is 5.11 Å². The number of aryl methyl sites for hydroxylation is 1. The second-order valence-corrected chi connectivity index (χ2v) is 5.40. The van der Waals surface area contributed by atoms with Gasteiger partial charge in [-0.25, -0.2) is 13.2 Å². The largest absolute Gasteiger partial charge is 0.448 e. The fourth-order valence-electron chi connectivity index (χ4n) is 1.93. The summed E-state index contributed by atoms with van der Waals surface area (Å²) in [6.45, 7) is 1.51. The molecule has 2 aromatic carbocycles. The van der Waals surface area contributed by atoms with Crippen molar-refractivity contribution in [2.45, 2.75) is 13.1 Å². The molecule has 0 heterocycles. The SMILES string of the molecule is Cc1cc(F)c(Oc2c(F)cc(C(F)(F)F)cc2F)cc1NC(N)=S. The molecule has 3 N–H and O–H groups in total. The van der Waals surface area contributed by atoms with Gasteiger partial charge in [-0.15, -0.1) is 0 Å². The van der Waals surface area contributed by atoms with Crippen LogP contribution in [0.15, 0.2) is 24.3 Å². The minimum atomic E-state index is -4.94. The second kappa shape index (κ2) is 6.79.